The van der Waals surface area contributed by atoms with Gasteiger partial charge in [-0.25, -0.2) is 4.98 Å². The Hall–Kier alpha value is -0.900. The molecule has 4 nitrogen and oxygen atoms in total. The molecule has 1 fully saturated rings. The Kier molecular flexibility index (Phi) is 1.85. The smallest absolute Gasteiger partial charge is 0.137 e. The van der Waals surface area contributed by atoms with Gasteiger partial charge in [0.2, 0.25) is 0 Å². The van der Waals surface area contributed by atoms with Crippen LogP contribution in [0.15, 0.2) is 6.33 Å². The van der Waals surface area contributed by atoms with Crippen LogP contribution in [0.3, 0.4) is 0 Å². The second kappa shape index (κ2) is 3.00. The SMILES string of the molecule is c1n[nH]c(CCNC2CC2)n1. The van der Waals surface area contributed by atoms with Crippen LogP contribution in [0, 0.1) is 0 Å². The number of hydrogen-bond donors (Lipinski definition) is 2. The number of aromatic nitrogens is 3. The van der Waals surface area contributed by atoms with Crippen molar-refractivity contribution >= 4 is 0 Å². The summed E-state index contributed by atoms with van der Waals surface area (Å²) in [5.41, 5.74) is 0. The van der Waals surface area contributed by atoms with Crippen molar-refractivity contribution in [2.45, 2.75) is 25.3 Å². The van der Waals surface area contributed by atoms with E-state index >= 15 is 0 Å². The fourth-order valence-electron chi connectivity index (χ4n) is 1.03. The van der Waals surface area contributed by atoms with E-state index in [-0.39, 0.29) is 0 Å². The van der Waals surface area contributed by atoms with Gasteiger partial charge in [0.1, 0.15) is 12.2 Å². The maximum atomic E-state index is 4.03. The summed E-state index contributed by atoms with van der Waals surface area (Å²) in [4.78, 5) is 4.03. The van der Waals surface area contributed by atoms with Gasteiger partial charge in [0.05, 0.1) is 0 Å². The van der Waals surface area contributed by atoms with Gasteiger partial charge >= 0.3 is 0 Å². The molecule has 1 aliphatic rings. The number of rotatable bonds is 4. The molecule has 2 rings (SSSR count). The lowest BCUT2D eigenvalue weighted by Gasteiger charge is -1.97. The minimum Gasteiger partial charge on any atom is -0.314 e. The molecule has 4 heteroatoms. The highest BCUT2D eigenvalue weighted by Gasteiger charge is 2.19. The predicted octanol–water partition coefficient (Wildman–Crippen LogP) is 0.0992. The molecule has 0 amide bonds. The van der Waals surface area contributed by atoms with E-state index in [9.17, 15) is 0 Å². The third-order valence-electron chi connectivity index (χ3n) is 1.84. The summed E-state index contributed by atoms with van der Waals surface area (Å²) in [6.07, 6.45) is 5.19. The molecule has 1 saturated carbocycles. The van der Waals surface area contributed by atoms with Crippen molar-refractivity contribution < 1.29 is 0 Å². The number of aromatic amines is 1. The van der Waals surface area contributed by atoms with Gasteiger partial charge < -0.3 is 5.32 Å². The molecule has 0 saturated heterocycles. The lowest BCUT2D eigenvalue weighted by atomic mass is 10.4. The number of hydrogen-bond acceptors (Lipinski definition) is 3. The molecular formula is C7H12N4. The quantitative estimate of drug-likeness (QED) is 0.643. The molecule has 0 aromatic carbocycles. The third kappa shape index (κ3) is 2.01. The molecule has 1 heterocycles. The Labute approximate surface area is 65.4 Å². The number of H-pyrrole nitrogens is 1. The fourth-order valence-corrected chi connectivity index (χ4v) is 1.03. The molecule has 0 spiro atoms. The van der Waals surface area contributed by atoms with E-state index in [1.807, 2.05) is 0 Å². The summed E-state index contributed by atoms with van der Waals surface area (Å²) in [5, 5.41) is 10.0. The Morgan fingerprint density at radius 1 is 1.64 bits per heavy atom. The molecule has 11 heavy (non-hydrogen) atoms. The first-order valence-corrected chi connectivity index (χ1v) is 4.03. The molecule has 1 aromatic heterocycles. The topological polar surface area (TPSA) is 53.6 Å². The Bertz CT molecular complexity index is 202. The maximum absolute atomic E-state index is 4.03. The molecule has 0 atom stereocenters. The summed E-state index contributed by atoms with van der Waals surface area (Å²) in [6.45, 7) is 1.01. The third-order valence-corrected chi connectivity index (χ3v) is 1.84. The van der Waals surface area contributed by atoms with Crippen LogP contribution in [0.1, 0.15) is 18.7 Å². The number of nitrogens with one attached hydrogen (secondary N) is 2. The zero-order chi connectivity index (χ0) is 7.52. The summed E-state index contributed by atoms with van der Waals surface area (Å²) in [6, 6.07) is 0.790. The highest BCUT2D eigenvalue weighted by Crippen LogP contribution is 2.18. The van der Waals surface area contributed by atoms with E-state index < -0.39 is 0 Å². The highest BCUT2D eigenvalue weighted by molar-refractivity contribution is 4.85. The molecule has 0 unspecified atom stereocenters. The molecule has 1 aliphatic carbocycles. The van der Waals surface area contributed by atoms with Crippen LogP contribution in [-0.4, -0.2) is 27.8 Å². The van der Waals surface area contributed by atoms with Crippen LogP contribution < -0.4 is 5.32 Å². The Balaban J connectivity index is 1.66. The van der Waals surface area contributed by atoms with Crippen LogP contribution in [-0.2, 0) is 6.42 Å². The van der Waals surface area contributed by atoms with Gasteiger partial charge in [-0.15, -0.1) is 0 Å². The van der Waals surface area contributed by atoms with Crippen LogP contribution in [0.5, 0.6) is 0 Å². The fraction of sp³-hybridized carbons (Fsp3) is 0.714. The minimum atomic E-state index is 0.790. The largest absolute Gasteiger partial charge is 0.314 e. The standard InChI is InChI=1S/C7H12N4/c1-2-6(1)8-4-3-7-9-5-10-11-7/h5-6,8H,1-4H2,(H,9,10,11). The first-order chi connectivity index (χ1) is 5.45. The van der Waals surface area contributed by atoms with Crippen LogP contribution in [0.25, 0.3) is 0 Å². The average Bonchev–Trinajstić information content (AvgIpc) is 2.66. The molecule has 0 bridgehead atoms. The van der Waals surface area contributed by atoms with Gasteiger partial charge in [-0.05, 0) is 12.8 Å². The average molecular weight is 152 g/mol. The van der Waals surface area contributed by atoms with Crippen molar-refractivity contribution in [2.24, 2.45) is 0 Å². The lowest BCUT2D eigenvalue weighted by Crippen LogP contribution is -2.19. The van der Waals surface area contributed by atoms with Crippen LogP contribution in [0.2, 0.25) is 0 Å². The second-order valence-electron chi connectivity index (χ2n) is 2.91. The molecular weight excluding hydrogens is 140 g/mol. The van der Waals surface area contributed by atoms with Gasteiger partial charge in [-0.2, -0.15) is 5.10 Å². The van der Waals surface area contributed by atoms with E-state index in [1.165, 1.54) is 12.8 Å². The predicted molar refractivity (Wildman–Crippen MR) is 41.1 cm³/mol. The Morgan fingerprint density at radius 3 is 3.18 bits per heavy atom. The van der Waals surface area contributed by atoms with Crippen LogP contribution >= 0.6 is 0 Å². The van der Waals surface area contributed by atoms with Gasteiger partial charge in [-0.1, -0.05) is 0 Å². The summed E-state index contributed by atoms with van der Waals surface area (Å²) in [5.74, 6) is 0.971. The van der Waals surface area contributed by atoms with Gasteiger partial charge in [0.25, 0.3) is 0 Å². The first-order valence-electron chi connectivity index (χ1n) is 4.03. The minimum absolute atomic E-state index is 0.790. The van der Waals surface area contributed by atoms with Crippen molar-refractivity contribution in [1.29, 1.82) is 0 Å². The lowest BCUT2D eigenvalue weighted by molar-refractivity contribution is 0.667. The van der Waals surface area contributed by atoms with Crippen molar-refractivity contribution in [1.82, 2.24) is 20.5 Å². The first kappa shape index (κ1) is 6.79. The highest BCUT2D eigenvalue weighted by atomic mass is 15.2. The molecule has 0 aliphatic heterocycles. The zero-order valence-electron chi connectivity index (χ0n) is 6.38. The molecule has 60 valence electrons. The Morgan fingerprint density at radius 2 is 2.55 bits per heavy atom. The van der Waals surface area contributed by atoms with Gasteiger partial charge in [0, 0.05) is 19.0 Å². The monoisotopic (exact) mass is 152 g/mol. The van der Waals surface area contributed by atoms with E-state index in [2.05, 4.69) is 20.5 Å². The number of nitrogens with zero attached hydrogens (tertiary/aromatic N) is 2. The summed E-state index contributed by atoms with van der Waals surface area (Å²) >= 11 is 0. The van der Waals surface area contributed by atoms with E-state index in [4.69, 9.17) is 0 Å². The van der Waals surface area contributed by atoms with Crippen molar-refractivity contribution in [3.05, 3.63) is 12.2 Å². The van der Waals surface area contributed by atoms with Crippen molar-refractivity contribution in [3.8, 4) is 0 Å². The molecule has 1 aromatic rings. The van der Waals surface area contributed by atoms with E-state index in [0.29, 0.717) is 0 Å². The van der Waals surface area contributed by atoms with Crippen LogP contribution in [0.4, 0.5) is 0 Å². The zero-order valence-corrected chi connectivity index (χ0v) is 6.38. The second-order valence-corrected chi connectivity index (χ2v) is 2.91. The molecule has 0 radical (unpaired) electrons. The molecule has 2 N–H and O–H groups in total. The van der Waals surface area contributed by atoms with Crippen molar-refractivity contribution in [3.63, 3.8) is 0 Å². The van der Waals surface area contributed by atoms with E-state index in [1.54, 1.807) is 6.33 Å². The van der Waals surface area contributed by atoms with Crippen molar-refractivity contribution in [2.75, 3.05) is 6.54 Å². The normalized spacial score (nSPS) is 17.1. The maximum Gasteiger partial charge on any atom is 0.137 e. The summed E-state index contributed by atoms with van der Waals surface area (Å²) < 4.78 is 0. The van der Waals surface area contributed by atoms with E-state index in [0.717, 1.165) is 24.8 Å². The summed E-state index contributed by atoms with van der Waals surface area (Å²) in [7, 11) is 0. The van der Waals surface area contributed by atoms with Gasteiger partial charge in [-0.3, -0.25) is 5.10 Å². The van der Waals surface area contributed by atoms with Gasteiger partial charge in [0.15, 0.2) is 0 Å².